The summed E-state index contributed by atoms with van der Waals surface area (Å²) in [6, 6.07) is 5.24. The molecule has 2 N–H and O–H groups in total. The molecule has 8 nitrogen and oxygen atoms in total. The number of halogens is 3. The van der Waals surface area contributed by atoms with Crippen LogP contribution >= 0.6 is 0 Å². The van der Waals surface area contributed by atoms with Crippen molar-refractivity contribution in [1.82, 2.24) is 29.5 Å². The lowest BCUT2D eigenvalue weighted by atomic mass is 10.1. The molecule has 0 aliphatic heterocycles. The van der Waals surface area contributed by atoms with Crippen LogP contribution in [0.15, 0.2) is 49.2 Å². The van der Waals surface area contributed by atoms with Gasteiger partial charge in [-0.25, -0.2) is 9.97 Å². The van der Waals surface area contributed by atoms with Crippen LogP contribution in [-0.2, 0) is 12.7 Å². The van der Waals surface area contributed by atoms with Crippen molar-refractivity contribution in [3.8, 4) is 0 Å². The van der Waals surface area contributed by atoms with Crippen molar-refractivity contribution >= 4 is 28.7 Å². The van der Waals surface area contributed by atoms with Crippen LogP contribution in [0.25, 0.3) is 11.2 Å². The van der Waals surface area contributed by atoms with E-state index in [4.69, 9.17) is 0 Å². The fraction of sp³-hybridized carbons (Fsp3) is 0.250. The molecule has 31 heavy (non-hydrogen) atoms. The molecule has 0 unspecified atom stereocenters. The zero-order chi connectivity index (χ0) is 22.0. The number of hydrogen-bond donors (Lipinski definition) is 2. The van der Waals surface area contributed by atoms with Crippen molar-refractivity contribution in [3.05, 3.63) is 60.3 Å². The molecular formula is C20H19F3N8. The topological polar surface area (TPSA) is 93.4 Å². The second-order valence-electron chi connectivity index (χ2n) is 7.08. The van der Waals surface area contributed by atoms with E-state index in [2.05, 4.69) is 35.6 Å². The fourth-order valence-corrected chi connectivity index (χ4v) is 3.00. The first-order valence-corrected chi connectivity index (χ1v) is 9.49. The minimum Gasteiger partial charge on any atom is -0.364 e. The lowest BCUT2D eigenvalue weighted by Crippen LogP contribution is -2.09. The Bertz CT molecular complexity index is 1190. The van der Waals surface area contributed by atoms with Gasteiger partial charge in [0, 0.05) is 25.0 Å². The Morgan fingerprint density at radius 1 is 1.10 bits per heavy atom. The van der Waals surface area contributed by atoms with Gasteiger partial charge in [-0.2, -0.15) is 23.1 Å². The largest absolute Gasteiger partial charge is 0.416 e. The molecule has 0 bridgehead atoms. The summed E-state index contributed by atoms with van der Waals surface area (Å²) in [5.41, 5.74) is 0.871. The minimum atomic E-state index is -4.40. The van der Waals surface area contributed by atoms with Gasteiger partial charge in [-0.3, -0.25) is 4.98 Å². The van der Waals surface area contributed by atoms with Crippen LogP contribution in [0.1, 0.15) is 31.0 Å². The molecule has 0 saturated carbocycles. The van der Waals surface area contributed by atoms with E-state index in [9.17, 15) is 13.2 Å². The monoisotopic (exact) mass is 428 g/mol. The van der Waals surface area contributed by atoms with Gasteiger partial charge in [-0.05, 0) is 31.5 Å². The van der Waals surface area contributed by atoms with E-state index in [1.807, 2.05) is 18.4 Å². The molecule has 0 radical (unpaired) electrons. The maximum Gasteiger partial charge on any atom is 0.416 e. The van der Waals surface area contributed by atoms with Crippen LogP contribution in [0.2, 0.25) is 0 Å². The molecule has 0 saturated heterocycles. The molecule has 0 aliphatic rings. The predicted molar refractivity (Wildman–Crippen MR) is 110 cm³/mol. The van der Waals surface area contributed by atoms with Crippen LogP contribution in [0.5, 0.6) is 0 Å². The third-order valence-electron chi connectivity index (χ3n) is 4.50. The summed E-state index contributed by atoms with van der Waals surface area (Å²) in [7, 11) is 0. The number of fused-ring (bicyclic) bond motifs is 1. The molecule has 4 rings (SSSR count). The predicted octanol–water partition coefficient (Wildman–Crippen LogP) is 4.57. The first-order valence-electron chi connectivity index (χ1n) is 9.49. The molecule has 0 spiro atoms. The van der Waals surface area contributed by atoms with E-state index >= 15 is 0 Å². The van der Waals surface area contributed by atoms with Crippen molar-refractivity contribution in [2.45, 2.75) is 32.6 Å². The Balaban J connectivity index is 1.67. The van der Waals surface area contributed by atoms with Gasteiger partial charge >= 0.3 is 6.18 Å². The van der Waals surface area contributed by atoms with Gasteiger partial charge in [0.2, 0.25) is 5.95 Å². The van der Waals surface area contributed by atoms with Gasteiger partial charge in [0.25, 0.3) is 0 Å². The zero-order valence-corrected chi connectivity index (χ0v) is 16.7. The van der Waals surface area contributed by atoms with E-state index in [-0.39, 0.29) is 18.5 Å². The molecule has 0 fully saturated rings. The van der Waals surface area contributed by atoms with Gasteiger partial charge < -0.3 is 15.2 Å². The Morgan fingerprint density at radius 2 is 1.94 bits per heavy atom. The van der Waals surface area contributed by atoms with Gasteiger partial charge in [0.15, 0.2) is 22.8 Å². The molecule has 160 valence electrons. The Morgan fingerprint density at radius 3 is 2.65 bits per heavy atom. The zero-order valence-electron chi connectivity index (χ0n) is 16.7. The van der Waals surface area contributed by atoms with Gasteiger partial charge in [0.1, 0.15) is 0 Å². The summed E-state index contributed by atoms with van der Waals surface area (Å²) in [6.45, 7) is 4.12. The van der Waals surface area contributed by atoms with E-state index in [1.165, 1.54) is 18.5 Å². The third-order valence-corrected chi connectivity index (χ3v) is 4.50. The first kappa shape index (κ1) is 20.5. The summed E-state index contributed by atoms with van der Waals surface area (Å²) in [5.74, 6) is 1.12. The number of hydrogen-bond acceptors (Lipinski definition) is 7. The van der Waals surface area contributed by atoms with Crippen molar-refractivity contribution in [3.63, 3.8) is 0 Å². The fourth-order valence-electron chi connectivity index (χ4n) is 3.00. The number of nitrogens with one attached hydrogen (secondary N) is 2. The number of rotatable bonds is 6. The van der Waals surface area contributed by atoms with E-state index in [0.29, 0.717) is 28.4 Å². The maximum absolute atomic E-state index is 13.0. The highest BCUT2D eigenvalue weighted by atomic mass is 19.4. The maximum atomic E-state index is 13.0. The standard InChI is InChI=1S/C20H19F3N8/c1-12(2)31-11-27-16-17(26-9-13-4-3-5-14(8-13)20(21,22)23)29-19(30-18(16)31)28-15-10-24-6-7-25-15/h3-8,10-12H,9H2,1-2H3,(H2,25,26,28,29,30). The summed E-state index contributed by atoms with van der Waals surface area (Å²) >= 11 is 0. The number of aromatic nitrogens is 6. The number of benzene rings is 1. The Kier molecular flexibility index (Phi) is 5.40. The Labute approximate surface area is 175 Å². The van der Waals surface area contributed by atoms with Crippen LogP contribution in [-0.4, -0.2) is 29.5 Å². The highest BCUT2D eigenvalue weighted by molar-refractivity contribution is 5.84. The van der Waals surface area contributed by atoms with E-state index < -0.39 is 11.7 Å². The highest BCUT2D eigenvalue weighted by Crippen LogP contribution is 2.30. The lowest BCUT2D eigenvalue weighted by Gasteiger charge is -2.12. The van der Waals surface area contributed by atoms with Crippen LogP contribution < -0.4 is 10.6 Å². The Hall–Kier alpha value is -3.76. The molecule has 0 aliphatic carbocycles. The van der Waals surface area contributed by atoms with Gasteiger partial charge in [-0.1, -0.05) is 12.1 Å². The van der Waals surface area contributed by atoms with Crippen molar-refractivity contribution in [2.24, 2.45) is 0 Å². The smallest absolute Gasteiger partial charge is 0.364 e. The molecule has 0 atom stereocenters. The lowest BCUT2D eigenvalue weighted by molar-refractivity contribution is -0.137. The molecule has 4 aromatic rings. The average Bonchev–Trinajstić information content (AvgIpc) is 3.17. The average molecular weight is 428 g/mol. The van der Waals surface area contributed by atoms with Crippen LogP contribution in [0, 0.1) is 0 Å². The molecule has 0 amide bonds. The summed E-state index contributed by atoms with van der Waals surface area (Å²) in [5, 5.41) is 6.08. The highest BCUT2D eigenvalue weighted by Gasteiger charge is 2.30. The molecular weight excluding hydrogens is 409 g/mol. The number of imidazole rings is 1. The second-order valence-corrected chi connectivity index (χ2v) is 7.08. The summed E-state index contributed by atoms with van der Waals surface area (Å²) < 4.78 is 40.9. The number of alkyl halides is 3. The SMILES string of the molecule is CC(C)n1cnc2c(NCc3cccc(C(F)(F)F)c3)nc(Nc3cnccn3)nc21. The van der Waals surface area contributed by atoms with Gasteiger partial charge in [0.05, 0.1) is 18.1 Å². The quantitative estimate of drug-likeness (QED) is 0.465. The van der Waals surface area contributed by atoms with Crippen LogP contribution in [0.3, 0.4) is 0 Å². The minimum absolute atomic E-state index is 0.0978. The first-order chi connectivity index (χ1) is 14.8. The molecule has 1 aromatic carbocycles. The number of anilines is 3. The molecule has 3 heterocycles. The normalized spacial score (nSPS) is 11.8. The summed E-state index contributed by atoms with van der Waals surface area (Å²) in [6.07, 6.45) is 1.87. The van der Waals surface area contributed by atoms with Crippen molar-refractivity contribution in [1.29, 1.82) is 0 Å². The third kappa shape index (κ3) is 4.55. The van der Waals surface area contributed by atoms with Crippen molar-refractivity contribution < 1.29 is 13.2 Å². The van der Waals surface area contributed by atoms with E-state index in [0.717, 1.165) is 12.1 Å². The van der Waals surface area contributed by atoms with E-state index in [1.54, 1.807) is 18.6 Å². The molecule has 11 heteroatoms. The van der Waals surface area contributed by atoms with Crippen molar-refractivity contribution in [2.75, 3.05) is 10.6 Å². The van der Waals surface area contributed by atoms with Crippen LogP contribution in [0.4, 0.5) is 30.8 Å². The van der Waals surface area contributed by atoms with Gasteiger partial charge in [-0.15, -0.1) is 0 Å². The summed E-state index contributed by atoms with van der Waals surface area (Å²) in [4.78, 5) is 21.5. The number of nitrogens with zero attached hydrogens (tertiary/aromatic N) is 6. The molecule has 3 aromatic heterocycles. The second kappa shape index (κ2) is 8.17.